The van der Waals surface area contributed by atoms with E-state index < -0.39 is 0 Å². The molecule has 0 fully saturated rings. The van der Waals surface area contributed by atoms with E-state index in [1.165, 1.54) is 0 Å². The second kappa shape index (κ2) is 7.80. The van der Waals surface area contributed by atoms with Crippen LogP contribution in [0.1, 0.15) is 12.0 Å². The van der Waals surface area contributed by atoms with E-state index >= 15 is 0 Å². The van der Waals surface area contributed by atoms with Gasteiger partial charge in [0.2, 0.25) is 0 Å². The molecule has 2 N–H and O–H groups in total. The van der Waals surface area contributed by atoms with Gasteiger partial charge in [0.15, 0.2) is 5.22 Å². The van der Waals surface area contributed by atoms with Gasteiger partial charge in [-0.1, -0.05) is 18.2 Å². The van der Waals surface area contributed by atoms with E-state index in [4.69, 9.17) is 21.1 Å². The van der Waals surface area contributed by atoms with Crippen molar-refractivity contribution in [2.45, 2.75) is 13.0 Å². The number of halogens is 1. The molecule has 1 aromatic carbocycles. The minimum absolute atomic E-state index is 0.275. The number of hydrogen-bond acceptors (Lipinski definition) is 4. The number of rotatable bonds is 8. The Balaban J connectivity index is 1.80. The fourth-order valence-electron chi connectivity index (χ4n) is 1.86. The number of furan rings is 1. The molecule has 104 valence electrons. The summed E-state index contributed by atoms with van der Waals surface area (Å²) in [5, 5.41) is 13.6. The van der Waals surface area contributed by atoms with E-state index in [0.717, 1.165) is 47.5 Å². The normalized spacial score (nSPS) is 11.3. The molecule has 0 aliphatic carbocycles. The van der Waals surface area contributed by atoms with Gasteiger partial charge >= 0.3 is 0 Å². The molecule has 0 atom stereocenters. The summed E-state index contributed by atoms with van der Waals surface area (Å²) >= 11 is 7.95. The van der Waals surface area contributed by atoms with Crippen molar-refractivity contribution in [2.75, 3.05) is 24.7 Å². The number of aliphatic hydroxyl groups excluding tert-OH is 1. The highest BCUT2D eigenvalue weighted by atomic mass is 35.5. The van der Waals surface area contributed by atoms with Gasteiger partial charge in [0.25, 0.3) is 0 Å². The highest BCUT2D eigenvalue weighted by Gasteiger charge is 2.10. The summed E-state index contributed by atoms with van der Waals surface area (Å²) in [6, 6.07) is 7.88. The predicted octanol–water partition coefficient (Wildman–Crippen LogP) is 3.29. The summed E-state index contributed by atoms with van der Waals surface area (Å²) in [6.07, 6.45) is 0.864. The largest absolute Gasteiger partial charge is 0.444 e. The molecule has 0 aliphatic heterocycles. The highest BCUT2D eigenvalue weighted by Crippen LogP contribution is 2.29. The molecule has 0 saturated heterocycles. The van der Waals surface area contributed by atoms with Gasteiger partial charge in [-0.05, 0) is 29.8 Å². The van der Waals surface area contributed by atoms with E-state index in [1.807, 2.05) is 36.0 Å². The zero-order chi connectivity index (χ0) is 13.5. The lowest BCUT2D eigenvalue weighted by Crippen LogP contribution is -2.16. The maximum absolute atomic E-state index is 8.67. The molecular weight excluding hydrogens is 282 g/mol. The lowest BCUT2D eigenvalue weighted by Gasteiger charge is -2.04. The first-order valence-corrected chi connectivity index (χ1v) is 7.91. The van der Waals surface area contributed by atoms with Crippen LogP contribution in [0.5, 0.6) is 0 Å². The maximum Gasteiger partial charge on any atom is 0.199 e. The second-order valence-corrected chi connectivity index (χ2v) is 5.78. The molecule has 1 heterocycles. The predicted molar refractivity (Wildman–Crippen MR) is 82.0 cm³/mol. The van der Waals surface area contributed by atoms with Crippen LogP contribution in [-0.4, -0.2) is 29.8 Å². The van der Waals surface area contributed by atoms with Gasteiger partial charge in [0.05, 0.1) is 0 Å². The number of aliphatic hydroxyl groups is 1. The number of nitrogens with one attached hydrogen (secondary N) is 1. The van der Waals surface area contributed by atoms with Crippen molar-refractivity contribution in [3.63, 3.8) is 0 Å². The molecule has 0 unspecified atom stereocenters. The number of benzene rings is 1. The van der Waals surface area contributed by atoms with Crippen molar-refractivity contribution < 1.29 is 9.52 Å². The van der Waals surface area contributed by atoms with Crippen LogP contribution < -0.4 is 5.32 Å². The molecular formula is C14H18ClNO2S. The van der Waals surface area contributed by atoms with E-state index in [-0.39, 0.29) is 6.61 Å². The molecule has 19 heavy (non-hydrogen) atoms. The van der Waals surface area contributed by atoms with Gasteiger partial charge in [-0.3, -0.25) is 0 Å². The second-order valence-electron chi connectivity index (χ2n) is 4.22. The third-order valence-corrected chi connectivity index (χ3v) is 4.20. The molecule has 0 aliphatic rings. The summed E-state index contributed by atoms with van der Waals surface area (Å²) < 4.78 is 5.50. The zero-order valence-electron chi connectivity index (χ0n) is 10.7. The molecule has 0 amide bonds. The minimum atomic E-state index is 0.275. The quantitative estimate of drug-likeness (QED) is 0.734. The first-order valence-electron chi connectivity index (χ1n) is 6.38. The van der Waals surface area contributed by atoms with Crippen LogP contribution in [0.4, 0.5) is 0 Å². The summed E-state index contributed by atoms with van der Waals surface area (Å²) in [5.74, 6) is 2.04. The van der Waals surface area contributed by atoms with Crippen LogP contribution in [0.3, 0.4) is 0 Å². The Kier molecular flexibility index (Phi) is 6.04. The van der Waals surface area contributed by atoms with Crippen LogP contribution in [0.25, 0.3) is 11.0 Å². The highest BCUT2D eigenvalue weighted by molar-refractivity contribution is 7.99. The first-order chi connectivity index (χ1) is 9.33. The summed E-state index contributed by atoms with van der Waals surface area (Å²) in [6.45, 7) is 1.92. The van der Waals surface area contributed by atoms with Gasteiger partial charge < -0.3 is 14.8 Å². The molecule has 5 heteroatoms. The van der Waals surface area contributed by atoms with Gasteiger partial charge in [-0.25, -0.2) is 0 Å². The molecule has 0 spiro atoms. The van der Waals surface area contributed by atoms with Crippen molar-refractivity contribution in [3.8, 4) is 0 Å². The summed E-state index contributed by atoms with van der Waals surface area (Å²) in [4.78, 5) is 0. The number of thioether (sulfide) groups is 1. The maximum atomic E-state index is 8.67. The summed E-state index contributed by atoms with van der Waals surface area (Å²) in [5.41, 5.74) is 1.86. The van der Waals surface area contributed by atoms with Crippen molar-refractivity contribution in [3.05, 3.63) is 35.0 Å². The third kappa shape index (κ3) is 4.14. The SMILES string of the molecule is OCCCSCCNCc1c(Cl)oc2ccccc12. The number of hydrogen-bond donors (Lipinski definition) is 2. The standard InChI is InChI=1S/C14H18ClNO2S/c15-14-12(10-16-6-9-19-8-3-7-17)11-4-1-2-5-13(11)18-14/h1-2,4-5,16-17H,3,6-10H2. The van der Waals surface area contributed by atoms with Crippen LogP contribution in [0.2, 0.25) is 5.22 Å². The molecule has 3 nitrogen and oxygen atoms in total. The van der Waals surface area contributed by atoms with E-state index in [9.17, 15) is 0 Å². The molecule has 1 aromatic heterocycles. The Morgan fingerprint density at radius 3 is 2.95 bits per heavy atom. The number of para-hydroxylation sites is 1. The van der Waals surface area contributed by atoms with Gasteiger partial charge in [-0.15, -0.1) is 0 Å². The lowest BCUT2D eigenvalue weighted by molar-refractivity contribution is 0.296. The van der Waals surface area contributed by atoms with Gasteiger partial charge in [0, 0.05) is 36.4 Å². The van der Waals surface area contributed by atoms with Crippen LogP contribution in [-0.2, 0) is 6.54 Å². The zero-order valence-corrected chi connectivity index (χ0v) is 12.3. The molecule has 0 bridgehead atoms. The third-order valence-electron chi connectivity index (χ3n) is 2.82. The van der Waals surface area contributed by atoms with Crippen molar-refractivity contribution in [1.29, 1.82) is 0 Å². The number of fused-ring (bicyclic) bond motifs is 1. The fourth-order valence-corrected chi connectivity index (χ4v) is 2.94. The average molecular weight is 300 g/mol. The van der Waals surface area contributed by atoms with Crippen LogP contribution in [0.15, 0.2) is 28.7 Å². The first kappa shape index (κ1) is 14.7. The topological polar surface area (TPSA) is 45.4 Å². The Morgan fingerprint density at radius 1 is 1.26 bits per heavy atom. The van der Waals surface area contributed by atoms with Crippen molar-refractivity contribution in [1.82, 2.24) is 5.32 Å². The van der Waals surface area contributed by atoms with E-state index in [2.05, 4.69) is 5.32 Å². The monoisotopic (exact) mass is 299 g/mol. The van der Waals surface area contributed by atoms with Crippen molar-refractivity contribution >= 4 is 34.3 Å². The Morgan fingerprint density at radius 2 is 2.11 bits per heavy atom. The molecule has 0 saturated carbocycles. The van der Waals surface area contributed by atoms with Crippen LogP contribution in [0, 0.1) is 0 Å². The van der Waals surface area contributed by atoms with Crippen molar-refractivity contribution in [2.24, 2.45) is 0 Å². The molecule has 0 radical (unpaired) electrons. The Bertz CT molecular complexity index is 515. The summed E-state index contributed by atoms with van der Waals surface area (Å²) in [7, 11) is 0. The average Bonchev–Trinajstić information content (AvgIpc) is 2.74. The Labute approximate surface area is 122 Å². The Hall–Kier alpha value is -0.680. The smallest absolute Gasteiger partial charge is 0.199 e. The van der Waals surface area contributed by atoms with E-state index in [1.54, 1.807) is 0 Å². The molecule has 2 aromatic rings. The van der Waals surface area contributed by atoms with Gasteiger partial charge in [-0.2, -0.15) is 11.8 Å². The lowest BCUT2D eigenvalue weighted by atomic mass is 10.2. The molecule has 2 rings (SSSR count). The van der Waals surface area contributed by atoms with Gasteiger partial charge in [0.1, 0.15) is 5.58 Å². The van der Waals surface area contributed by atoms with E-state index in [0.29, 0.717) is 5.22 Å². The minimum Gasteiger partial charge on any atom is -0.444 e. The fraction of sp³-hybridized carbons (Fsp3) is 0.429. The van der Waals surface area contributed by atoms with Crippen LogP contribution >= 0.6 is 23.4 Å².